The van der Waals surface area contributed by atoms with E-state index in [1.807, 2.05) is 43.4 Å². The van der Waals surface area contributed by atoms with Gasteiger partial charge in [0, 0.05) is 60.8 Å². The van der Waals surface area contributed by atoms with Gasteiger partial charge in [0.2, 0.25) is 0 Å². The highest BCUT2D eigenvalue weighted by molar-refractivity contribution is 5.70. The maximum atomic E-state index is 12.5. The van der Waals surface area contributed by atoms with Crippen LogP contribution in [-0.2, 0) is 17.7 Å². The average molecular weight is 780 g/mol. The van der Waals surface area contributed by atoms with Crippen molar-refractivity contribution in [3.05, 3.63) is 94.5 Å². The van der Waals surface area contributed by atoms with Crippen LogP contribution in [0.5, 0.6) is 34.5 Å². The smallest absolute Gasteiger partial charge is 0.128 e. The Morgan fingerprint density at radius 2 is 1.53 bits per heavy atom. The molecule has 10 nitrogen and oxygen atoms in total. The number of hydrogen-bond donors (Lipinski definition) is 5. The number of rotatable bonds is 14. The van der Waals surface area contributed by atoms with Crippen LogP contribution < -0.4 is 24.3 Å². The molecule has 2 heterocycles. The van der Waals surface area contributed by atoms with E-state index in [9.17, 15) is 20.4 Å². The van der Waals surface area contributed by atoms with Gasteiger partial charge in [0.25, 0.3) is 0 Å². The van der Waals surface area contributed by atoms with E-state index < -0.39 is 30.1 Å². The lowest BCUT2D eigenvalue weighted by Crippen LogP contribution is -2.46. The van der Waals surface area contributed by atoms with E-state index in [0.29, 0.717) is 54.4 Å². The highest BCUT2D eigenvalue weighted by atomic mass is 16.5. The number of aliphatic hydroxyl groups excluding tert-OH is 2. The van der Waals surface area contributed by atoms with Gasteiger partial charge in [0.1, 0.15) is 40.6 Å². The number of benzene rings is 4. The summed E-state index contributed by atoms with van der Waals surface area (Å²) < 4.78 is 32.1. The van der Waals surface area contributed by atoms with E-state index in [1.165, 1.54) is 0 Å². The third-order valence-electron chi connectivity index (χ3n) is 12.4. The highest BCUT2D eigenvalue weighted by Crippen LogP contribution is 2.52. The first-order valence-corrected chi connectivity index (χ1v) is 20.9. The predicted octanol–water partition coefficient (Wildman–Crippen LogP) is 8.30. The molecule has 0 radical (unpaired) electrons. The second kappa shape index (κ2) is 17.6. The van der Waals surface area contributed by atoms with E-state index >= 15 is 0 Å². The van der Waals surface area contributed by atoms with Gasteiger partial charge in [-0.3, -0.25) is 0 Å². The molecule has 0 saturated heterocycles. The van der Waals surface area contributed by atoms with Crippen molar-refractivity contribution in [1.82, 2.24) is 5.32 Å². The second-order valence-corrected chi connectivity index (χ2v) is 16.4. The number of nitrogens with one attached hydrogen (secondary N) is 1. The molecule has 2 fully saturated rings. The zero-order valence-electron chi connectivity index (χ0n) is 33.1. The van der Waals surface area contributed by atoms with Crippen LogP contribution in [0.2, 0.25) is 0 Å². The number of aromatic hydroxyl groups is 2. The summed E-state index contributed by atoms with van der Waals surface area (Å²) in [5.41, 5.74) is 5.59. The molecule has 4 aromatic rings. The molecule has 5 N–H and O–H groups in total. The number of methoxy groups -OCH3 is 1. The minimum atomic E-state index is -0.998. The van der Waals surface area contributed by atoms with Crippen molar-refractivity contribution in [1.29, 1.82) is 0 Å². The van der Waals surface area contributed by atoms with Gasteiger partial charge < -0.3 is 49.4 Å². The van der Waals surface area contributed by atoms with E-state index in [1.54, 1.807) is 37.4 Å². The van der Waals surface area contributed by atoms with Gasteiger partial charge >= 0.3 is 0 Å². The minimum Gasteiger partial charge on any atom is -0.508 e. The molecule has 5 atom stereocenters. The van der Waals surface area contributed by atoms with Gasteiger partial charge in [-0.05, 0) is 136 Å². The van der Waals surface area contributed by atoms with Gasteiger partial charge in [-0.1, -0.05) is 18.2 Å². The average Bonchev–Trinajstić information content (AvgIpc) is 3.92. The van der Waals surface area contributed by atoms with E-state index in [4.69, 9.17) is 23.7 Å². The molecular formula is C47H57NO9. The van der Waals surface area contributed by atoms with Crippen molar-refractivity contribution in [2.24, 2.45) is 11.8 Å². The lowest BCUT2D eigenvalue weighted by molar-refractivity contribution is -0.0890. The molecule has 10 heteroatoms. The van der Waals surface area contributed by atoms with E-state index in [0.717, 1.165) is 91.4 Å². The summed E-state index contributed by atoms with van der Waals surface area (Å²) >= 11 is 0. The van der Waals surface area contributed by atoms with E-state index in [-0.39, 0.29) is 30.3 Å². The Bertz CT molecular complexity index is 2010. The highest BCUT2D eigenvalue weighted by Gasteiger charge is 2.48. The summed E-state index contributed by atoms with van der Waals surface area (Å²) in [5, 5.41) is 49.2. The van der Waals surface area contributed by atoms with Crippen molar-refractivity contribution in [3.63, 3.8) is 0 Å². The van der Waals surface area contributed by atoms with Gasteiger partial charge in [-0.15, -0.1) is 0 Å². The summed E-state index contributed by atoms with van der Waals surface area (Å²) in [6.07, 6.45) is 8.09. The zero-order chi connectivity index (χ0) is 39.5. The van der Waals surface area contributed by atoms with Crippen molar-refractivity contribution in [2.75, 3.05) is 27.4 Å². The quantitative estimate of drug-likeness (QED) is 0.0795. The van der Waals surface area contributed by atoms with Gasteiger partial charge in [0.15, 0.2) is 0 Å². The van der Waals surface area contributed by atoms with Crippen LogP contribution in [-0.4, -0.2) is 66.1 Å². The minimum absolute atomic E-state index is 0.0839. The third-order valence-corrected chi connectivity index (χ3v) is 12.4. The van der Waals surface area contributed by atoms with Crippen LogP contribution in [0.4, 0.5) is 0 Å². The van der Waals surface area contributed by atoms with Gasteiger partial charge in [-0.2, -0.15) is 0 Å². The molecule has 0 unspecified atom stereocenters. The fraction of sp³-hybridized carbons (Fsp3) is 0.489. The Labute approximate surface area is 335 Å². The van der Waals surface area contributed by atoms with Gasteiger partial charge in [0.05, 0.1) is 31.0 Å². The molecule has 2 saturated carbocycles. The van der Waals surface area contributed by atoms with Crippen LogP contribution in [0.15, 0.2) is 66.7 Å². The first-order chi connectivity index (χ1) is 27.8. The maximum absolute atomic E-state index is 12.5. The van der Waals surface area contributed by atoms with E-state index in [2.05, 4.69) is 5.32 Å². The molecule has 2 aliphatic heterocycles. The fourth-order valence-corrected chi connectivity index (χ4v) is 9.60. The Hall–Kier alpha value is -4.48. The molecule has 4 aliphatic rings. The number of fused-ring (bicyclic) bond motifs is 2. The number of phenolic OH excluding ortho intramolecular Hbond substituents is 2. The lowest BCUT2D eigenvalue weighted by Gasteiger charge is -2.45. The molecule has 0 bridgehead atoms. The van der Waals surface area contributed by atoms with Crippen LogP contribution >= 0.6 is 0 Å². The van der Waals surface area contributed by atoms with Crippen molar-refractivity contribution >= 4 is 0 Å². The third kappa shape index (κ3) is 8.56. The molecule has 0 amide bonds. The second-order valence-electron chi connectivity index (χ2n) is 16.4. The standard InChI is InChI=1S/C47H57NO9/c1-48-26-31-23-43-38(25-42(31)56-35-13-5-6-14-35)46(52)44(41(57-43)15-8-18-53-2)40-27-54-47-30(22-36(24-39(47)45(40)51)55-34-11-3-4-12-34)19-29-21-33(50)16-17-37(29)28-9-7-10-32(49)20-28/h7,9-10,16-17,20-25,34-35,40-41,44-46,48-52H,3-6,8,11-15,18-19,26-27H2,1-2H3/t40-,41-,44-,45-,46+/m1/s1. The summed E-state index contributed by atoms with van der Waals surface area (Å²) in [6.45, 7) is 1.31. The fourth-order valence-electron chi connectivity index (χ4n) is 9.60. The summed E-state index contributed by atoms with van der Waals surface area (Å²) in [7, 11) is 3.59. The van der Waals surface area contributed by atoms with Crippen molar-refractivity contribution in [3.8, 4) is 45.6 Å². The topological polar surface area (TPSA) is 139 Å². The summed E-state index contributed by atoms with van der Waals surface area (Å²) in [6, 6.07) is 20.2. The molecular weight excluding hydrogens is 723 g/mol. The summed E-state index contributed by atoms with van der Waals surface area (Å²) in [4.78, 5) is 0. The molecule has 57 heavy (non-hydrogen) atoms. The van der Waals surface area contributed by atoms with Crippen LogP contribution in [0.25, 0.3) is 11.1 Å². The van der Waals surface area contributed by atoms with Gasteiger partial charge in [-0.25, -0.2) is 0 Å². The predicted molar refractivity (Wildman–Crippen MR) is 217 cm³/mol. The van der Waals surface area contributed by atoms with Crippen LogP contribution in [0.3, 0.4) is 0 Å². The Morgan fingerprint density at radius 1 is 0.772 bits per heavy atom. The Morgan fingerprint density at radius 3 is 2.26 bits per heavy atom. The van der Waals surface area contributed by atoms with Crippen molar-refractivity contribution < 1.29 is 44.1 Å². The molecule has 0 spiro atoms. The Balaban J connectivity index is 1.16. The van der Waals surface area contributed by atoms with Crippen LogP contribution in [0, 0.1) is 11.8 Å². The van der Waals surface area contributed by atoms with Crippen molar-refractivity contribution in [2.45, 2.75) is 108 Å². The SMILES string of the molecule is CNCc1cc2c(cc1OC1CCCC1)[C@H](O)[C@H]([C@H]1COc3c(Cc4cc(O)ccc4-c4cccc(O)c4)cc(OC4CCCC4)cc3[C@H]1O)[C@@H](CCCOC)O2. The molecule has 0 aromatic heterocycles. The zero-order valence-corrected chi connectivity index (χ0v) is 33.1. The number of aliphatic hydroxyl groups is 2. The first-order valence-electron chi connectivity index (χ1n) is 20.9. The molecule has 2 aliphatic carbocycles. The largest absolute Gasteiger partial charge is 0.508 e. The monoisotopic (exact) mass is 779 g/mol. The number of phenols is 2. The maximum Gasteiger partial charge on any atom is 0.128 e. The first kappa shape index (κ1) is 39.4. The van der Waals surface area contributed by atoms with Crippen LogP contribution in [0.1, 0.15) is 104 Å². The summed E-state index contributed by atoms with van der Waals surface area (Å²) in [5.74, 6) is 1.90. The Kier molecular flexibility index (Phi) is 12.1. The normalized spacial score (nSPS) is 23.4. The number of ether oxygens (including phenoxy) is 5. The number of hydrogen-bond acceptors (Lipinski definition) is 10. The molecule has 4 aromatic carbocycles. The lowest BCUT2D eigenvalue weighted by atomic mass is 9.72. The molecule has 8 rings (SSSR count). The molecule has 304 valence electrons.